The molecule has 0 aromatic carbocycles. The summed E-state index contributed by atoms with van der Waals surface area (Å²) in [5.74, 6) is 3.57. The van der Waals surface area contributed by atoms with Crippen LogP contribution in [0.1, 0.15) is 78.1 Å². The molecule has 5 rings (SSSR count). The number of aliphatic hydroxyl groups is 1. The Kier molecular flexibility index (Phi) is 4.28. The maximum atomic E-state index is 11.4. The van der Waals surface area contributed by atoms with Gasteiger partial charge in [0.2, 0.25) is 0 Å². The lowest BCUT2D eigenvalue weighted by molar-refractivity contribution is -0.160. The molecule has 1 N–H and O–H groups in total. The minimum atomic E-state index is -0.114. The third-order valence-corrected chi connectivity index (χ3v) is 9.87. The molecule has 5 aliphatic rings. The van der Waals surface area contributed by atoms with Crippen LogP contribution in [0.15, 0.2) is 12.2 Å². The van der Waals surface area contributed by atoms with Crippen molar-refractivity contribution in [1.82, 2.24) is 0 Å². The Morgan fingerprint density at radius 2 is 1.85 bits per heavy atom. The van der Waals surface area contributed by atoms with Gasteiger partial charge in [-0.1, -0.05) is 19.1 Å². The first kappa shape index (κ1) is 18.2. The fourth-order valence-electron chi connectivity index (χ4n) is 8.80. The summed E-state index contributed by atoms with van der Waals surface area (Å²) in [6.07, 6.45) is 16.9. The second-order valence-corrected chi connectivity index (χ2v) is 10.7. The molecule has 3 heteroatoms. The quantitative estimate of drug-likeness (QED) is 0.527. The molecule has 5 aliphatic carbocycles. The zero-order chi connectivity index (χ0) is 18.8. The predicted molar refractivity (Wildman–Crippen MR) is 105 cm³/mol. The van der Waals surface area contributed by atoms with Crippen molar-refractivity contribution in [2.24, 2.45) is 40.4 Å². The Balaban J connectivity index is 1.39. The number of hydrogen-bond donors (Lipinski definition) is 1. The number of carbonyl (C=O) groups is 1. The summed E-state index contributed by atoms with van der Waals surface area (Å²) >= 11 is 0. The molecule has 4 fully saturated rings. The van der Waals surface area contributed by atoms with Crippen LogP contribution in [0, 0.1) is 40.4 Å². The SMILES string of the molecule is CC(=O)O[C@@H]1CC[C@]2(C)C3CC[C@]45C=CC[C@H](O)C4CCC5C3CC[C@@H]2C1. The van der Waals surface area contributed by atoms with E-state index < -0.39 is 0 Å². The molecule has 0 amide bonds. The minimum absolute atomic E-state index is 0.109. The van der Waals surface area contributed by atoms with Crippen molar-refractivity contribution in [1.29, 1.82) is 0 Å². The minimum Gasteiger partial charge on any atom is -0.463 e. The number of carbonyl (C=O) groups excluding carboxylic acids is 1. The van der Waals surface area contributed by atoms with E-state index in [1.807, 2.05) is 0 Å². The van der Waals surface area contributed by atoms with Gasteiger partial charge in [-0.05, 0) is 105 Å². The van der Waals surface area contributed by atoms with E-state index in [1.54, 1.807) is 6.92 Å². The van der Waals surface area contributed by atoms with E-state index in [0.717, 1.165) is 42.9 Å². The molecule has 27 heavy (non-hydrogen) atoms. The second kappa shape index (κ2) is 6.34. The van der Waals surface area contributed by atoms with Crippen LogP contribution in [0.3, 0.4) is 0 Å². The standard InChI is InChI=1S/C24H36O3/c1-15(25)27-17-9-12-23(2)16(14-17)5-6-18-19(23)10-13-24-11-3-4-22(26)21(24)8-7-20(18)24/h3,11,16-22,26H,4-10,12-14H2,1-2H3/t16-,17-,18?,19?,20?,21?,22+,23+,24+/m1/s1. The van der Waals surface area contributed by atoms with Gasteiger partial charge in [-0.2, -0.15) is 0 Å². The molecular formula is C24H36O3. The van der Waals surface area contributed by atoms with Gasteiger partial charge in [0.1, 0.15) is 6.10 Å². The second-order valence-electron chi connectivity index (χ2n) is 10.7. The summed E-state index contributed by atoms with van der Waals surface area (Å²) < 4.78 is 5.60. The number of aliphatic hydroxyl groups excluding tert-OH is 1. The number of hydrogen-bond acceptors (Lipinski definition) is 3. The highest BCUT2D eigenvalue weighted by atomic mass is 16.5. The Morgan fingerprint density at radius 3 is 2.67 bits per heavy atom. The highest BCUT2D eigenvalue weighted by Gasteiger charge is 2.62. The van der Waals surface area contributed by atoms with Crippen LogP contribution in [0.4, 0.5) is 0 Å². The van der Waals surface area contributed by atoms with Gasteiger partial charge in [0.25, 0.3) is 0 Å². The van der Waals surface area contributed by atoms with E-state index in [4.69, 9.17) is 4.74 Å². The first-order chi connectivity index (χ1) is 12.9. The topological polar surface area (TPSA) is 46.5 Å². The van der Waals surface area contributed by atoms with E-state index >= 15 is 0 Å². The van der Waals surface area contributed by atoms with E-state index in [0.29, 0.717) is 16.7 Å². The molecule has 0 radical (unpaired) electrons. The number of allylic oxidation sites excluding steroid dienone is 1. The maximum Gasteiger partial charge on any atom is 0.302 e. The third kappa shape index (κ3) is 2.59. The summed E-state index contributed by atoms with van der Waals surface area (Å²) in [5, 5.41) is 10.7. The number of rotatable bonds is 1. The number of fused-ring (bicyclic) bond motifs is 4. The summed E-state index contributed by atoms with van der Waals surface area (Å²) in [6, 6.07) is 0. The summed E-state index contributed by atoms with van der Waals surface area (Å²) in [4.78, 5) is 11.4. The molecule has 0 heterocycles. The highest BCUT2D eigenvalue weighted by molar-refractivity contribution is 5.66. The lowest BCUT2D eigenvalue weighted by atomic mass is 9.44. The molecule has 0 aromatic heterocycles. The number of ether oxygens (including phenoxy) is 1. The van der Waals surface area contributed by atoms with Crippen molar-refractivity contribution < 1.29 is 14.6 Å². The van der Waals surface area contributed by atoms with Crippen LogP contribution >= 0.6 is 0 Å². The maximum absolute atomic E-state index is 11.4. The molecule has 0 aromatic rings. The largest absolute Gasteiger partial charge is 0.463 e. The molecule has 0 saturated heterocycles. The van der Waals surface area contributed by atoms with E-state index in [1.165, 1.54) is 44.9 Å². The van der Waals surface area contributed by atoms with Crippen LogP contribution in [0.25, 0.3) is 0 Å². The zero-order valence-corrected chi connectivity index (χ0v) is 17.0. The monoisotopic (exact) mass is 372 g/mol. The van der Waals surface area contributed by atoms with E-state index in [9.17, 15) is 9.90 Å². The predicted octanol–water partition coefficient (Wildman–Crippen LogP) is 4.88. The Labute approximate surface area is 163 Å². The van der Waals surface area contributed by atoms with Gasteiger partial charge in [0.05, 0.1) is 6.10 Å². The van der Waals surface area contributed by atoms with E-state index in [-0.39, 0.29) is 18.2 Å². The van der Waals surface area contributed by atoms with Crippen LogP contribution in [-0.2, 0) is 9.53 Å². The number of esters is 1. The van der Waals surface area contributed by atoms with Crippen LogP contribution < -0.4 is 0 Å². The molecule has 4 saturated carbocycles. The molecule has 1 spiro atoms. The Morgan fingerprint density at radius 1 is 1.04 bits per heavy atom. The highest BCUT2D eigenvalue weighted by Crippen LogP contribution is 2.69. The average molecular weight is 373 g/mol. The zero-order valence-electron chi connectivity index (χ0n) is 17.0. The van der Waals surface area contributed by atoms with Crippen LogP contribution in [-0.4, -0.2) is 23.3 Å². The Hall–Kier alpha value is -0.830. The van der Waals surface area contributed by atoms with Crippen molar-refractivity contribution >= 4 is 5.97 Å². The van der Waals surface area contributed by atoms with Crippen LogP contribution in [0.2, 0.25) is 0 Å². The van der Waals surface area contributed by atoms with Crippen molar-refractivity contribution in [3.8, 4) is 0 Å². The molecule has 9 atom stereocenters. The van der Waals surface area contributed by atoms with Gasteiger partial charge in [0, 0.05) is 6.92 Å². The summed E-state index contributed by atoms with van der Waals surface area (Å²) in [5.41, 5.74) is 0.729. The normalized spacial score (nSPS) is 53.7. The average Bonchev–Trinajstić information content (AvgIpc) is 3.03. The van der Waals surface area contributed by atoms with Gasteiger partial charge < -0.3 is 9.84 Å². The van der Waals surface area contributed by atoms with Gasteiger partial charge >= 0.3 is 5.97 Å². The molecule has 150 valence electrons. The third-order valence-electron chi connectivity index (χ3n) is 9.87. The van der Waals surface area contributed by atoms with Gasteiger partial charge in [0.15, 0.2) is 0 Å². The van der Waals surface area contributed by atoms with Crippen molar-refractivity contribution in [2.75, 3.05) is 0 Å². The molecule has 4 unspecified atom stereocenters. The lowest BCUT2D eigenvalue weighted by Crippen LogP contribution is -2.55. The summed E-state index contributed by atoms with van der Waals surface area (Å²) in [7, 11) is 0. The molecule has 0 bridgehead atoms. The lowest BCUT2D eigenvalue weighted by Gasteiger charge is -2.61. The van der Waals surface area contributed by atoms with Crippen molar-refractivity contribution in [3.05, 3.63) is 12.2 Å². The Bertz CT molecular complexity index is 642. The van der Waals surface area contributed by atoms with Gasteiger partial charge in [-0.15, -0.1) is 0 Å². The van der Waals surface area contributed by atoms with Crippen molar-refractivity contribution in [3.63, 3.8) is 0 Å². The van der Waals surface area contributed by atoms with Gasteiger partial charge in [-0.25, -0.2) is 0 Å². The fraction of sp³-hybridized carbons (Fsp3) is 0.875. The van der Waals surface area contributed by atoms with Crippen LogP contribution in [0.5, 0.6) is 0 Å². The summed E-state index contributed by atoms with van der Waals surface area (Å²) in [6.45, 7) is 4.11. The first-order valence-electron chi connectivity index (χ1n) is 11.5. The smallest absolute Gasteiger partial charge is 0.302 e. The molecule has 0 aliphatic heterocycles. The van der Waals surface area contributed by atoms with E-state index in [2.05, 4.69) is 19.1 Å². The first-order valence-corrected chi connectivity index (χ1v) is 11.5. The van der Waals surface area contributed by atoms with Gasteiger partial charge in [-0.3, -0.25) is 4.79 Å². The molecular weight excluding hydrogens is 336 g/mol. The molecule has 3 nitrogen and oxygen atoms in total. The van der Waals surface area contributed by atoms with Crippen molar-refractivity contribution in [2.45, 2.75) is 90.3 Å². The fourth-order valence-corrected chi connectivity index (χ4v) is 8.80.